The number of likely N-dealkylation sites (tertiary alicyclic amines) is 1. The number of carbonyl (C=O) groups excluding carboxylic acids is 2. The van der Waals surface area contributed by atoms with Crippen molar-refractivity contribution in [2.45, 2.75) is 38.3 Å². The molecule has 1 N–H and O–H groups in total. The average molecular weight is 431 g/mol. The Labute approximate surface area is 179 Å². The quantitative estimate of drug-likeness (QED) is 0.802. The van der Waals surface area contributed by atoms with E-state index in [2.05, 4.69) is 5.10 Å². The van der Waals surface area contributed by atoms with Crippen LogP contribution in [0.15, 0.2) is 30.3 Å². The molecule has 2 aliphatic heterocycles. The number of carboxylic acid groups (broad SMARTS) is 1. The average Bonchev–Trinajstić information content (AvgIpc) is 3.18. The van der Waals surface area contributed by atoms with Gasteiger partial charge in [-0.3, -0.25) is 19.2 Å². The second-order valence-electron chi connectivity index (χ2n) is 7.85. The smallest absolute Gasteiger partial charge is 0.407 e. The van der Waals surface area contributed by atoms with Crippen molar-refractivity contribution in [1.29, 1.82) is 0 Å². The zero-order valence-corrected chi connectivity index (χ0v) is 17.4. The predicted octanol–water partition coefficient (Wildman–Crippen LogP) is 3.32. The number of Topliss-reactive ketones (excluding diaryl/α,β-unsaturated/α-hetero) is 1. The number of carbonyl (C=O) groups is 3. The summed E-state index contributed by atoms with van der Waals surface area (Å²) in [6.45, 7) is 2.54. The van der Waals surface area contributed by atoms with Gasteiger partial charge in [0.15, 0.2) is 5.78 Å². The standard InChI is InChI=1S/C21H23ClN4O4/c1-13-11-24(12-19(27)17-4-2-3-9-25(17)21(29)30)20(28)18-10-16(23-26(13)18)14-5-7-15(22)8-6-14/h5-8,10,13,17H,2-4,9,11-12H2,1H3,(H,29,30)/t13-,17?/m0/s1. The van der Waals surface area contributed by atoms with E-state index in [1.807, 2.05) is 19.1 Å². The van der Waals surface area contributed by atoms with Crippen molar-refractivity contribution >= 4 is 29.4 Å². The Morgan fingerprint density at radius 1 is 1.23 bits per heavy atom. The summed E-state index contributed by atoms with van der Waals surface area (Å²) < 4.78 is 1.69. The molecule has 1 aromatic carbocycles. The second-order valence-corrected chi connectivity index (χ2v) is 8.29. The van der Waals surface area contributed by atoms with Crippen molar-refractivity contribution in [3.63, 3.8) is 0 Å². The molecule has 0 aliphatic carbocycles. The number of aromatic nitrogens is 2. The zero-order valence-electron chi connectivity index (χ0n) is 16.6. The molecule has 8 nitrogen and oxygen atoms in total. The van der Waals surface area contributed by atoms with Gasteiger partial charge in [0.2, 0.25) is 0 Å². The third kappa shape index (κ3) is 3.79. The van der Waals surface area contributed by atoms with Gasteiger partial charge in [0.05, 0.1) is 24.3 Å². The molecule has 2 amide bonds. The highest BCUT2D eigenvalue weighted by Gasteiger charge is 2.36. The SMILES string of the molecule is C[C@H]1CN(CC(=O)C2CCCCN2C(=O)O)C(=O)c2cc(-c3ccc(Cl)cc3)nn21. The van der Waals surface area contributed by atoms with E-state index in [-0.39, 0.29) is 24.3 Å². The van der Waals surface area contributed by atoms with Gasteiger partial charge in [0.1, 0.15) is 5.69 Å². The van der Waals surface area contributed by atoms with E-state index in [0.29, 0.717) is 35.9 Å². The molecule has 2 aliphatic rings. The lowest BCUT2D eigenvalue weighted by Crippen LogP contribution is -2.52. The van der Waals surface area contributed by atoms with E-state index in [0.717, 1.165) is 18.4 Å². The highest BCUT2D eigenvalue weighted by Crippen LogP contribution is 2.28. The number of piperidine rings is 1. The molecule has 9 heteroatoms. The van der Waals surface area contributed by atoms with Gasteiger partial charge >= 0.3 is 6.09 Å². The predicted molar refractivity (Wildman–Crippen MR) is 111 cm³/mol. The molecule has 1 saturated heterocycles. The monoisotopic (exact) mass is 430 g/mol. The van der Waals surface area contributed by atoms with Crippen LogP contribution in [0, 0.1) is 0 Å². The summed E-state index contributed by atoms with van der Waals surface area (Å²) in [5.74, 6) is -0.504. The summed E-state index contributed by atoms with van der Waals surface area (Å²) in [7, 11) is 0. The topological polar surface area (TPSA) is 95.7 Å². The molecule has 0 bridgehead atoms. The first-order chi connectivity index (χ1) is 14.3. The Bertz CT molecular complexity index is 987. The summed E-state index contributed by atoms with van der Waals surface area (Å²) in [5, 5.41) is 14.6. The number of ketones is 1. The van der Waals surface area contributed by atoms with Gasteiger partial charge in [-0.05, 0) is 44.4 Å². The lowest BCUT2D eigenvalue weighted by molar-refractivity contribution is -0.125. The minimum absolute atomic E-state index is 0.0981. The van der Waals surface area contributed by atoms with E-state index < -0.39 is 12.1 Å². The van der Waals surface area contributed by atoms with Crippen molar-refractivity contribution in [3.05, 3.63) is 41.0 Å². The summed E-state index contributed by atoms with van der Waals surface area (Å²) >= 11 is 5.95. The molecule has 30 heavy (non-hydrogen) atoms. The van der Waals surface area contributed by atoms with E-state index >= 15 is 0 Å². The van der Waals surface area contributed by atoms with Gasteiger partial charge in [0, 0.05) is 23.7 Å². The molecule has 158 valence electrons. The van der Waals surface area contributed by atoms with Crippen molar-refractivity contribution in [2.75, 3.05) is 19.6 Å². The van der Waals surface area contributed by atoms with Gasteiger partial charge in [-0.1, -0.05) is 23.7 Å². The zero-order chi connectivity index (χ0) is 21.4. The Kier molecular flexibility index (Phi) is 5.51. The molecule has 0 spiro atoms. The number of hydrogen-bond acceptors (Lipinski definition) is 4. The Morgan fingerprint density at radius 2 is 1.97 bits per heavy atom. The number of benzene rings is 1. The fraction of sp³-hybridized carbons (Fsp3) is 0.429. The lowest BCUT2D eigenvalue weighted by Gasteiger charge is -2.35. The van der Waals surface area contributed by atoms with Crippen LogP contribution in [0.3, 0.4) is 0 Å². The van der Waals surface area contributed by atoms with Crippen LogP contribution in [0.5, 0.6) is 0 Å². The molecule has 2 aromatic rings. The van der Waals surface area contributed by atoms with Crippen LogP contribution in [0.25, 0.3) is 11.3 Å². The fourth-order valence-electron chi connectivity index (χ4n) is 4.22. The third-order valence-electron chi connectivity index (χ3n) is 5.75. The second kappa shape index (κ2) is 8.10. The lowest BCUT2D eigenvalue weighted by atomic mass is 9.98. The van der Waals surface area contributed by atoms with E-state index in [4.69, 9.17) is 11.6 Å². The van der Waals surface area contributed by atoms with Crippen LogP contribution >= 0.6 is 11.6 Å². The van der Waals surface area contributed by atoms with Crippen LogP contribution in [-0.2, 0) is 4.79 Å². The highest BCUT2D eigenvalue weighted by atomic mass is 35.5. The summed E-state index contributed by atoms with van der Waals surface area (Å²) in [6, 6.07) is 8.16. The maximum atomic E-state index is 13.1. The van der Waals surface area contributed by atoms with Crippen LogP contribution in [0.2, 0.25) is 5.02 Å². The van der Waals surface area contributed by atoms with E-state index in [1.54, 1.807) is 22.9 Å². The molecule has 0 radical (unpaired) electrons. The van der Waals surface area contributed by atoms with Crippen LogP contribution in [-0.4, -0.2) is 68.1 Å². The van der Waals surface area contributed by atoms with Gasteiger partial charge < -0.3 is 10.0 Å². The van der Waals surface area contributed by atoms with Gasteiger partial charge in [-0.25, -0.2) is 4.79 Å². The number of halogens is 1. The minimum atomic E-state index is -1.09. The largest absolute Gasteiger partial charge is 0.465 e. The van der Waals surface area contributed by atoms with E-state index in [9.17, 15) is 19.5 Å². The molecule has 3 heterocycles. The van der Waals surface area contributed by atoms with Gasteiger partial charge in [-0.2, -0.15) is 5.10 Å². The minimum Gasteiger partial charge on any atom is -0.465 e. The first-order valence-electron chi connectivity index (χ1n) is 10.0. The maximum absolute atomic E-state index is 13.1. The van der Waals surface area contributed by atoms with E-state index in [1.165, 1.54) is 9.80 Å². The molecule has 1 fully saturated rings. The Hall–Kier alpha value is -2.87. The van der Waals surface area contributed by atoms with Crippen molar-refractivity contribution in [3.8, 4) is 11.3 Å². The van der Waals surface area contributed by atoms with Gasteiger partial charge in [-0.15, -0.1) is 0 Å². The molecular formula is C21H23ClN4O4. The number of rotatable bonds is 4. The first kappa shape index (κ1) is 20.4. The summed E-state index contributed by atoms with van der Waals surface area (Å²) in [6.07, 6.45) is 0.975. The van der Waals surface area contributed by atoms with Crippen LogP contribution < -0.4 is 0 Å². The number of hydrogen-bond donors (Lipinski definition) is 1. The maximum Gasteiger partial charge on any atom is 0.407 e. The summed E-state index contributed by atoms with van der Waals surface area (Å²) in [5.41, 5.74) is 1.94. The third-order valence-corrected chi connectivity index (χ3v) is 6.00. The summed E-state index contributed by atoms with van der Waals surface area (Å²) in [4.78, 5) is 40.1. The van der Waals surface area contributed by atoms with Gasteiger partial charge in [0.25, 0.3) is 5.91 Å². The highest BCUT2D eigenvalue weighted by molar-refractivity contribution is 6.30. The van der Waals surface area contributed by atoms with Crippen molar-refractivity contribution in [1.82, 2.24) is 19.6 Å². The number of amides is 2. The Balaban J connectivity index is 1.54. The molecule has 4 rings (SSSR count). The van der Waals surface area contributed by atoms with Crippen LogP contribution in [0.1, 0.15) is 42.7 Å². The Morgan fingerprint density at radius 3 is 2.67 bits per heavy atom. The molecule has 2 atom stereocenters. The fourth-order valence-corrected chi connectivity index (χ4v) is 4.34. The molecular weight excluding hydrogens is 408 g/mol. The van der Waals surface area contributed by atoms with Crippen molar-refractivity contribution in [2.24, 2.45) is 0 Å². The van der Waals surface area contributed by atoms with Crippen molar-refractivity contribution < 1.29 is 19.5 Å². The number of nitrogens with zero attached hydrogens (tertiary/aromatic N) is 4. The normalized spacial score (nSPS) is 21.5. The van der Waals surface area contributed by atoms with Crippen LogP contribution in [0.4, 0.5) is 4.79 Å². The molecule has 1 unspecified atom stereocenters. The number of fused-ring (bicyclic) bond motifs is 1. The molecule has 1 aromatic heterocycles. The molecule has 0 saturated carbocycles. The first-order valence-corrected chi connectivity index (χ1v) is 10.4.